The number of aromatic amines is 1. The molecule has 3 N–H and O–H groups in total. The lowest BCUT2D eigenvalue weighted by Crippen LogP contribution is -2.32. The van der Waals surface area contributed by atoms with Crippen LogP contribution in [0, 0.1) is 19.8 Å². The molecule has 2 heterocycles. The molecule has 0 spiro atoms. The molecule has 2 aromatic carbocycles. The molecule has 8 heteroatoms. The van der Waals surface area contributed by atoms with Crippen LogP contribution in [0.3, 0.4) is 0 Å². The van der Waals surface area contributed by atoms with Crippen LogP contribution in [-0.2, 0) is 0 Å². The van der Waals surface area contributed by atoms with Crippen molar-refractivity contribution in [3.63, 3.8) is 0 Å². The molecule has 1 aliphatic rings. The second-order valence-corrected chi connectivity index (χ2v) is 9.38. The third-order valence-corrected chi connectivity index (χ3v) is 6.53. The van der Waals surface area contributed by atoms with Crippen molar-refractivity contribution in [1.82, 2.24) is 15.1 Å². The Kier molecular flexibility index (Phi) is 7.03. The topological polar surface area (TPSA) is 108 Å². The number of amides is 1. The lowest BCUT2D eigenvalue weighted by atomic mass is 9.94. The fourth-order valence-corrected chi connectivity index (χ4v) is 4.46. The van der Waals surface area contributed by atoms with Crippen LogP contribution in [0.2, 0.25) is 0 Å². The van der Waals surface area contributed by atoms with Gasteiger partial charge in [-0.1, -0.05) is 19.9 Å². The van der Waals surface area contributed by atoms with E-state index in [9.17, 15) is 15.0 Å². The number of phenolic OH excluding ortho intramolecular Hbond substituents is 1. The average Bonchev–Trinajstić information content (AvgIpc) is 3.36. The molecule has 0 saturated heterocycles. The lowest BCUT2D eigenvalue weighted by Gasteiger charge is -2.26. The zero-order chi connectivity index (χ0) is 25.3. The standard InChI is InChI=1S/C27H33N3O5/c1-15(2)8-11-35-21-7-6-18(14-22(21)34-5)26-23-24(19-12-16(3)17(4)13-20(19)32)28-29-25(23)27(33)30(26)9-10-31/h6-7,12-15,26,31-32H,8-11H2,1-5H3,(H,28,29)/t26-/m1/s1. The summed E-state index contributed by atoms with van der Waals surface area (Å²) in [6.07, 6.45) is 0.924. The van der Waals surface area contributed by atoms with E-state index in [4.69, 9.17) is 9.47 Å². The van der Waals surface area contributed by atoms with Gasteiger partial charge in [0.25, 0.3) is 5.91 Å². The zero-order valence-corrected chi connectivity index (χ0v) is 20.9. The number of methoxy groups -OCH3 is 1. The SMILES string of the molecule is COc1cc([C@@H]2c3c(-c4cc(C)c(C)cc4O)n[nH]c3C(=O)N2CCO)ccc1OCCC(C)C. The molecular formula is C27H33N3O5. The predicted octanol–water partition coefficient (Wildman–Crippen LogP) is 4.37. The van der Waals surface area contributed by atoms with E-state index in [1.54, 1.807) is 18.1 Å². The van der Waals surface area contributed by atoms with Crippen LogP contribution in [-0.4, -0.2) is 58.1 Å². The number of aliphatic hydroxyl groups is 1. The van der Waals surface area contributed by atoms with Gasteiger partial charge >= 0.3 is 0 Å². The highest BCUT2D eigenvalue weighted by molar-refractivity contribution is 6.00. The quantitative estimate of drug-likeness (QED) is 0.421. The van der Waals surface area contributed by atoms with Gasteiger partial charge in [0.1, 0.15) is 17.1 Å². The lowest BCUT2D eigenvalue weighted by molar-refractivity contribution is 0.0706. The normalized spacial score (nSPS) is 15.1. The Labute approximate surface area is 205 Å². The molecule has 1 aliphatic heterocycles. The fraction of sp³-hybridized carbons (Fsp3) is 0.407. The largest absolute Gasteiger partial charge is 0.507 e. The van der Waals surface area contributed by atoms with Crippen molar-refractivity contribution in [2.24, 2.45) is 5.92 Å². The molecule has 3 aromatic rings. The first-order valence-corrected chi connectivity index (χ1v) is 11.9. The highest BCUT2D eigenvalue weighted by Gasteiger charge is 2.42. The van der Waals surface area contributed by atoms with Gasteiger partial charge in [-0.05, 0) is 67.1 Å². The monoisotopic (exact) mass is 479 g/mol. The van der Waals surface area contributed by atoms with Crippen LogP contribution in [0.5, 0.6) is 17.2 Å². The number of ether oxygens (including phenoxy) is 2. The molecule has 0 radical (unpaired) electrons. The summed E-state index contributed by atoms with van der Waals surface area (Å²) in [6.45, 7) is 8.73. The number of aryl methyl sites for hydroxylation is 2. The summed E-state index contributed by atoms with van der Waals surface area (Å²) in [6, 6.07) is 8.68. The third-order valence-electron chi connectivity index (χ3n) is 6.53. The number of nitrogens with zero attached hydrogens (tertiary/aromatic N) is 2. The highest BCUT2D eigenvalue weighted by atomic mass is 16.5. The maximum Gasteiger partial charge on any atom is 0.273 e. The molecule has 1 atom stereocenters. The van der Waals surface area contributed by atoms with E-state index in [1.165, 1.54) is 0 Å². The smallest absolute Gasteiger partial charge is 0.273 e. The number of carbonyl (C=O) groups excluding carboxylic acids is 1. The van der Waals surface area contributed by atoms with Crippen molar-refractivity contribution in [1.29, 1.82) is 0 Å². The molecule has 4 rings (SSSR count). The molecule has 1 amide bonds. The van der Waals surface area contributed by atoms with Crippen molar-refractivity contribution in [2.45, 2.75) is 40.2 Å². The number of hydrogen-bond donors (Lipinski definition) is 3. The van der Waals surface area contributed by atoms with E-state index in [1.807, 2.05) is 38.1 Å². The van der Waals surface area contributed by atoms with Gasteiger partial charge in [0.2, 0.25) is 0 Å². The minimum absolute atomic E-state index is 0.0979. The van der Waals surface area contributed by atoms with Crippen molar-refractivity contribution in [2.75, 3.05) is 26.9 Å². The van der Waals surface area contributed by atoms with E-state index in [-0.39, 0.29) is 24.8 Å². The van der Waals surface area contributed by atoms with Gasteiger partial charge in [0, 0.05) is 17.7 Å². The third kappa shape index (κ3) is 4.58. The number of H-pyrrole nitrogens is 1. The Morgan fingerprint density at radius 2 is 1.89 bits per heavy atom. The number of hydrogen-bond acceptors (Lipinski definition) is 6. The van der Waals surface area contributed by atoms with Crippen LogP contribution in [0.25, 0.3) is 11.3 Å². The molecule has 35 heavy (non-hydrogen) atoms. The molecule has 0 fully saturated rings. The van der Waals surface area contributed by atoms with E-state index in [0.717, 1.165) is 23.1 Å². The first-order valence-electron chi connectivity index (χ1n) is 11.9. The minimum atomic E-state index is -0.516. The van der Waals surface area contributed by atoms with Gasteiger partial charge in [-0.25, -0.2) is 0 Å². The van der Waals surface area contributed by atoms with Gasteiger partial charge in [0.05, 0.1) is 26.4 Å². The first-order chi connectivity index (χ1) is 16.8. The number of benzene rings is 2. The summed E-state index contributed by atoms with van der Waals surface area (Å²) in [5.41, 5.74) is 4.85. The molecule has 8 nitrogen and oxygen atoms in total. The Morgan fingerprint density at radius 3 is 2.57 bits per heavy atom. The minimum Gasteiger partial charge on any atom is -0.507 e. The second kappa shape index (κ2) is 10.00. The maximum atomic E-state index is 13.3. The predicted molar refractivity (Wildman–Crippen MR) is 133 cm³/mol. The van der Waals surface area contributed by atoms with Crippen LogP contribution in [0.1, 0.15) is 59.1 Å². The van der Waals surface area contributed by atoms with Gasteiger partial charge in [-0.2, -0.15) is 5.10 Å². The van der Waals surface area contributed by atoms with E-state index < -0.39 is 6.04 Å². The van der Waals surface area contributed by atoms with Crippen molar-refractivity contribution >= 4 is 5.91 Å². The summed E-state index contributed by atoms with van der Waals surface area (Å²) < 4.78 is 11.6. The number of aliphatic hydroxyl groups excluding tert-OH is 1. The van der Waals surface area contributed by atoms with Gasteiger partial charge in [0.15, 0.2) is 11.5 Å². The fourth-order valence-electron chi connectivity index (χ4n) is 4.46. The maximum absolute atomic E-state index is 13.3. The van der Waals surface area contributed by atoms with Gasteiger partial charge in [-0.3, -0.25) is 9.89 Å². The number of rotatable bonds is 9. The molecule has 1 aromatic heterocycles. The molecule has 0 aliphatic carbocycles. The Hall–Kier alpha value is -3.52. The summed E-state index contributed by atoms with van der Waals surface area (Å²) in [5.74, 6) is 1.57. The highest BCUT2D eigenvalue weighted by Crippen LogP contribution is 2.46. The Bertz CT molecular complexity index is 1230. The van der Waals surface area contributed by atoms with E-state index in [2.05, 4.69) is 24.0 Å². The molecule has 0 saturated carbocycles. The summed E-state index contributed by atoms with van der Waals surface area (Å²) in [7, 11) is 1.58. The first kappa shape index (κ1) is 24.6. The van der Waals surface area contributed by atoms with Crippen LogP contribution < -0.4 is 9.47 Å². The number of phenols is 1. The molecule has 186 valence electrons. The average molecular weight is 480 g/mol. The summed E-state index contributed by atoms with van der Waals surface area (Å²) in [5, 5.41) is 27.7. The van der Waals surface area contributed by atoms with Crippen LogP contribution in [0.15, 0.2) is 30.3 Å². The van der Waals surface area contributed by atoms with Gasteiger partial charge < -0.3 is 24.6 Å². The number of nitrogens with one attached hydrogen (secondary N) is 1. The molecular weight excluding hydrogens is 446 g/mol. The molecule has 0 unspecified atom stereocenters. The van der Waals surface area contributed by atoms with E-state index in [0.29, 0.717) is 46.5 Å². The van der Waals surface area contributed by atoms with Crippen LogP contribution >= 0.6 is 0 Å². The van der Waals surface area contributed by atoms with Crippen molar-refractivity contribution < 1.29 is 24.5 Å². The Balaban J connectivity index is 1.80. The van der Waals surface area contributed by atoms with Gasteiger partial charge in [-0.15, -0.1) is 0 Å². The number of aromatic hydroxyl groups is 1. The Morgan fingerprint density at radius 1 is 1.14 bits per heavy atom. The summed E-state index contributed by atoms with van der Waals surface area (Å²) in [4.78, 5) is 14.9. The zero-order valence-electron chi connectivity index (χ0n) is 20.9. The number of aromatic nitrogens is 2. The van der Waals surface area contributed by atoms with Crippen molar-refractivity contribution in [3.05, 3.63) is 58.3 Å². The number of carbonyl (C=O) groups is 1. The second-order valence-electron chi connectivity index (χ2n) is 9.38. The van der Waals surface area contributed by atoms with Crippen molar-refractivity contribution in [3.8, 4) is 28.5 Å². The number of fused-ring (bicyclic) bond motifs is 1. The molecule has 0 bridgehead atoms. The summed E-state index contributed by atoms with van der Waals surface area (Å²) >= 11 is 0. The number of β-amino-alcohol motifs (C(OH)–C–C–N with tert-alkyl or cyclic N) is 1. The van der Waals surface area contributed by atoms with Crippen LogP contribution in [0.4, 0.5) is 0 Å². The van der Waals surface area contributed by atoms with E-state index >= 15 is 0 Å².